The summed E-state index contributed by atoms with van der Waals surface area (Å²) in [4.78, 5) is 5.70. The van der Waals surface area contributed by atoms with Gasteiger partial charge in [-0.05, 0) is 34.7 Å². The first-order valence-corrected chi connectivity index (χ1v) is 5.80. The van der Waals surface area contributed by atoms with E-state index in [4.69, 9.17) is 5.26 Å². The minimum Gasteiger partial charge on any atom is -0.312 e. The van der Waals surface area contributed by atoms with E-state index in [0.29, 0.717) is 6.04 Å². The van der Waals surface area contributed by atoms with Gasteiger partial charge in [0.2, 0.25) is 0 Å². The summed E-state index contributed by atoms with van der Waals surface area (Å²) in [6, 6.07) is 2.58. The number of nitrogens with zero attached hydrogens (tertiary/aromatic N) is 2. The number of rotatable bonds is 3. The highest BCUT2D eigenvalue weighted by molar-refractivity contribution is 7.12. The highest BCUT2D eigenvalue weighted by Crippen LogP contribution is 2.32. The van der Waals surface area contributed by atoms with E-state index in [1.165, 1.54) is 4.88 Å². The Hall–Kier alpha value is -0.920. The average molecular weight is 223 g/mol. The molecule has 3 nitrogen and oxygen atoms in total. The lowest BCUT2D eigenvalue weighted by molar-refractivity contribution is 0.656. The molecule has 1 aromatic heterocycles. The van der Waals surface area contributed by atoms with Crippen LogP contribution in [0.4, 0.5) is 0 Å². The molecule has 15 heavy (non-hydrogen) atoms. The molecule has 1 N–H and O–H groups in total. The third-order valence-corrected chi connectivity index (χ3v) is 4.14. The molecule has 0 saturated carbocycles. The smallest absolute Gasteiger partial charge is 0.113 e. The number of hydrogen-bond donors (Lipinski definition) is 1. The van der Waals surface area contributed by atoms with Crippen LogP contribution in [0.5, 0.6) is 0 Å². The maximum absolute atomic E-state index is 9.04. The molecule has 0 radical (unpaired) electrons. The standard InChI is InChI=1S/C11H17N3S/c1-7(13-5)9-8(2)14-10(15-9)11(3,4)6-12/h7,13H,1-5H3. The van der Waals surface area contributed by atoms with Crippen LogP contribution >= 0.6 is 11.3 Å². The van der Waals surface area contributed by atoms with Gasteiger partial charge in [-0.2, -0.15) is 5.26 Å². The maximum Gasteiger partial charge on any atom is 0.113 e. The molecule has 0 aliphatic heterocycles. The number of hydrogen-bond acceptors (Lipinski definition) is 4. The molecule has 0 aliphatic rings. The van der Waals surface area contributed by atoms with Crippen LogP contribution in [-0.2, 0) is 5.41 Å². The second kappa shape index (κ2) is 4.30. The summed E-state index contributed by atoms with van der Waals surface area (Å²) in [5.74, 6) is 0. The van der Waals surface area contributed by atoms with Crippen LogP contribution in [0, 0.1) is 18.3 Å². The van der Waals surface area contributed by atoms with E-state index in [1.807, 2.05) is 27.8 Å². The van der Waals surface area contributed by atoms with Crippen LogP contribution in [-0.4, -0.2) is 12.0 Å². The molecule has 0 aromatic carbocycles. The molecular weight excluding hydrogens is 206 g/mol. The van der Waals surface area contributed by atoms with Gasteiger partial charge < -0.3 is 5.32 Å². The van der Waals surface area contributed by atoms with Crippen molar-refractivity contribution in [2.75, 3.05) is 7.05 Å². The number of nitriles is 1. The fourth-order valence-electron chi connectivity index (χ4n) is 1.26. The second-order valence-corrected chi connectivity index (χ2v) is 5.25. The number of aryl methyl sites for hydroxylation is 1. The van der Waals surface area contributed by atoms with E-state index in [1.54, 1.807) is 11.3 Å². The number of nitrogens with one attached hydrogen (secondary N) is 1. The maximum atomic E-state index is 9.04. The van der Waals surface area contributed by atoms with Crippen LogP contribution in [0.25, 0.3) is 0 Å². The van der Waals surface area contributed by atoms with Crippen molar-refractivity contribution in [3.63, 3.8) is 0 Å². The topological polar surface area (TPSA) is 48.7 Å². The first-order chi connectivity index (χ1) is 6.92. The van der Waals surface area contributed by atoms with Gasteiger partial charge in [0.15, 0.2) is 0 Å². The van der Waals surface area contributed by atoms with Crippen molar-refractivity contribution in [3.8, 4) is 6.07 Å². The minimum absolute atomic E-state index is 0.297. The predicted molar refractivity (Wildman–Crippen MR) is 63.0 cm³/mol. The lowest BCUT2D eigenvalue weighted by atomic mass is 9.97. The summed E-state index contributed by atoms with van der Waals surface area (Å²) in [5.41, 5.74) is 0.543. The van der Waals surface area contributed by atoms with Crippen LogP contribution in [0.2, 0.25) is 0 Å². The summed E-state index contributed by atoms with van der Waals surface area (Å²) in [7, 11) is 1.93. The summed E-state index contributed by atoms with van der Waals surface area (Å²) >= 11 is 1.63. The van der Waals surface area contributed by atoms with Crippen molar-refractivity contribution < 1.29 is 0 Å². The second-order valence-electron chi connectivity index (χ2n) is 4.22. The molecule has 1 unspecified atom stereocenters. The summed E-state index contributed by atoms with van der Waals surface area (Å²) < 4.78 is 0. The molecule has 0 bridgehead atoms. The molecule has 82 valence electrons. The Morgan fingerprint density at radius 3 is 2.60 bits per heavy atom. The Balaban J connectivity index is 3.12. The highest BCUT2D eigenvalue weighted by Gasteiger charge is 2.26. The predicted octanol–water partition coefficient (Wildman–Crippen LogP) is 2.53. The molecule has 1 aromatic rings. The van der Waals surface area contributed by atoms with Crippen molar-refractivity contribution in [3.05, 3.63) is 15.6 Å². The Morgan fingerprint density at radius 1 is 1.53 bits per heavy atom. The average Bonchev–Trinajstić information content (AvgIpc) is 2.60. The molecule has 4 heteroatoms. The van der Waals surface area contributed by atoms with Gasteiger partial charge in [-0.25, -0.2) is 4.98 Å². The third kappa shape index (κ3) is 2.36. The Labute approximate surface area is 95.2 Å². The van der Waals surface area contributed by atoms with Crippen molar-refractivity contribution in [2.45, 2.75) is 39.2 Å². The van der Waals surface area contributed by atoms with E-state index in [0.717, 1.165) is 10.7 Å². The van der Waals surface area contributed by atoms with Gasteiger partial charge >= 0.3 is 0 Å². The zero-order chi connectivity index (χ0) is 11.6. The van der Waals surface area contributed by atoms with E-state index in [9.17, 15) is 0 Å². The van der Waals surface area contributed by atoms with Crippen molar-refractivity contribution in [2.24, 2.45) is 0 Å². The molecule has 1 rings (SSSR count). The van der Waals surface area contributed by atoms with Crippen LogP contribution in [0.1, 0.15) is 42.4 Å². The zero-order valence-electron chi connectivity index (χ0n) is 9.88. The summed E-state index contributed by atoms with van der Waals surface area (Å²) in [6.45, 7) is 7.90. The monoisotopic (exact) mass is 223 g/mol. The van der Waals surface area contributed by atoms with Gasteiger partial charge in [0.1, 0.15) is 10.4 Å². The minimum atomic E-state index is -0.485. The zero-order valence-corrected chi connectivity index (χ0v) is 10.7. The van der Waals surface area contributed by atoms with E-state index < -0.39 is 5.41 Å². The number of aromatic nitrogens is 1. The van der Waals surface area contributed by atoms with Crippen molar-refractivity contribution in [1.29, 1.82) is 5.26 Å². The Kier molecular flexibility index (Phi) is 3.48. The summed E-state index contributed by atoms with van der Waals surface area (Å²) in [6.07, 6.45) is 0. The summed E-state index contributed by atoms with van der Waals surface area (Å²) in [5, 5.41) is 13.1. The van der Waals surface area contributed by atoms with Gasteiger partial charge in [0, 0.05) is 10.9 Å². The van der Waals surface area contributed by atoms with Crippen LogP contribution in [0.3, 0.4) is 0 Å². The fraction of sp³-hybridized carbons (Fsp3) is 0.636. The molecule has 0 fully saturated rings. The molecular formula is C11H17N3S. The lowest BCUT2D eigenvalue weighted by Gasteiger charge is -2.10. The molecule has 0 amide bonds. The van der Waals surface area contributed by atoms with Crippen molar-refractivity contribution >= 4 is 11.3 Å². The SMILES string of the molecule is CNC(C)c1sc(C(C)(C)C#N)nc1C. The number of thiazole rings is 1. The quantitative estimate of drug-likeness (QED) is 0.856. The van der Waals surface area contributed by atoms with Gasteiger partial charge in [-0.15, -0.1) is 11.3 Å². The Bertz CT molecular complexity index is 387. The molecule has 0 spiro atoms. The molecule has 1 atom stereocenters. The first-order valence-electron chi connectivity index (χ1n) is 4.98. The fourth-order valence-corrected chi connectivity index (χ4v) is 2.44. The Morgan fingerprint density at radius 2 is 2.13 bits per heavy atom. The normalized spacial score (nSPS) is 13.6. The van der Waals surface area contributed by atoms with Crippen molar-refractivity contribution in [1.82, 2.24) is 10.3 Å². The van der Waals surface area contributed by atoms with Crippen LogP contribution in [0.15, 0.2) is 0 Å². The molecule has 0 saturated heterocycles. The van der Waals surface area contributed by atoms with E-state index >= 15 is 0 Å². The van der Waals surface area contributed by atoms with E-state index in [2.05, 4.69) is 23.3 Å². The largest absolute Gasteiger partial charge is 0.312 e. The molecule has 0 aliphatic carbocycles. The third-order valence-electron chi connectivity index (χ3n) is 2.47. The first kappa shape index (κ1) is 12.2. The van der Waals surface area contributed by atoms with Gasteiger partial charge in [-0.1, -0.05) is 0 Å². The molecule has 1 heterocycles. The lowest BCUT2D eigenvalue weighted by Crippen LogP contribution is -2.13. The van der Waals surface area contributed by atoms with Gasteiger partial charge in [-0.3, -0.25) is 0 Å². The van der Waals surface area contributed by atoms with E-state index in [-0.39, 0.29) is 0 Å². The van der Waals surface area contributed by atoms with Gasteiger partial charge in [0.05, 0.1) is 11.8 Å². The van der Waals surface area contributed by atoms with Crippen LogP contribution < -0.4 is 5.32 Å². The van der Waals surface area contributed by atoms with Gasteiger partial charge in [0.25, 0.3) is 0 Å². The highest BCUT2D eigenvalue weighted by atomic mass is 32.1.